The van der Waals surface area contributed by atoms with Crippen LogP contribution in [-0.2, 0) is 4.74 Å². The number of rotatable bonds is 7. The van der Waals surface area contributed by atoms with Crippen molar-refractivity contribution in [1.82, 2.24) is 19.9 Å². The summed E-state index contributed by atoms with van der Waals surface area (Å²) in [6, 6.07) is 31.0. The number of ether oxygens (including phenoxy) is 2. The molecule has 5 heterocycles. The standard InChI is InChI=1S/C42H33N5O2S2/c1-4-47(5-2)28-19-18-26-22-30(40-43-31-12-6-7-13-32(31)44-40)36(49-35(26)23-28)24-29-21-27(20-25(3)48-29)39(41-45-33-14-8-10-16-37(33)50-41)42-46-34-15-9-11-17-38(34)51-42/h6-24H,4-5H2,1-3H3,(H,43,44)/b36-24+. The molecule has 2 aliphatic rings. The van der Waals surface area contributed by atoms with E-state index in [0.717, 1.165) is 99.9 Å². The van der Waals surface area contributed by atoms with Crippen LogP contribution in [0, 0.1) is 0 Å². The molecule has 9 heteroatoms. The molecule has 7 nitrogen and oxygen atoms in total. The number of aromatic nitrogens is 4. The number of imidazole rings is 1. The number of para-hydroxylation sites is 4. The van der Waals surface area contributed by atoms with E-state index in [9.17, 15) is 0 Å². The van der Waals surface area contributed by atoms with E-state index in [-0.39, 0.29) is 0 Å². The van der Waals surface area contributed by atoms with Crippen LogP contribution in [0.4, 0.5) is 5.69 Å². The van der Waals surface area contributed by atoms with Crippen LogP contribution in [0.15, 0.2) is 132 Å². The minimum Gasteiger partial charge on any atom is -0.462 e. The number of nitrogens with zero attached hydrogens (tertiary/aromatic N) is 4. The minimum absolute atomic E-state index is 0.639. The van der Waals surface area contributed by atoms with Gasteiger partial charge in [0.2, 0.25) is 0 Å². The van der Waals surface area contributed by atoms with Gasteiger partial charge in [0.25, 0.3) is 0 Å². The van der Waals surface area contributed by atoms with Crippen LogP contribution < -0.4 is 9.64 Å². The zero-order chi connectivity index (χ0) is 34.5. The predicted octanol–water partition coefficient (Wildman–Crippen LogP) is 10.8. The Morgan fingerprint density at radius 2 is 1.41 bits per heavy atom. The number of thiazole rings is 2. The van der Waals surface area contributed by atoms with Gasteiger partial charge in [0.1, 0.15) is 38.9 Å². The summed E-state index contributed by atoms with van der Waals surface area (Å²) in [7, 11) is 0. The third-order valence-electron chi connectivity index (χ3n) is 9.07. The molecule has 3 aromatic heterocycles. The lowest BCUT2D eigenvalue weighted by Gasteiger charge is -2.25. The zero-order valence-corrected chi connectivity index (χ0v) is 29.9. The fourth-order valence-corrected chi connectivity index (χ4v) is 8.72. The molecule has 7 aromatic rings. The van der Waals surface area contributed by atoms with Crippen LogP contribution >= 0.6 is 22.7 Å². The van der Waals surface area contributed by atoms with Crippen molar-refractivity contribution < 1.29 is 9.47 Å². The van der Waals surface area contributed by atoms with Gasteiger partial charge in [-0.3, -0.25) is 0 Å². The monoisotopic (exact) mass is 703 g/mol. The molecule has 9 rings (SSSR count). The maximum absolute atomic E-state index is 6.79. The summed E-state index contributed by atoms with van der Waals surface area (Å²) in [6.07, 6.45) is 8.25. The van der Waals surface area contributed by atoms with E-state index in [0.29, 0.717) is 11.5 Å². The van der Waals surface area contributed by atoms with Crippen LogP contribution in [0.3, 0.4) is 0 Å². The van der Waals surface area contributed by atoms with Crippen LogP contribution in [0.1, 0.15) is 42.2 Å². The van der Waals surface area contributed by atoms with Gasteiger partial charge in [-0.1, -0.05) is 36.4 Å². The molecule has 250 valence electrons. The lowest BCUT2D eigenvalue weighted by molar-refractivity contribution is 0.314. The summed E-state index contributed by atoms with van der Waals surface area (Å²) in [4.78, 5) is 21.0. The molecule has 0 saturated carbocycles. The Hall–Kier alpha value is -5.77. The van der Waals surface area contributed by atoms with Crippen molar-refractivity contribution in [3.05, 3.63) is 153 Å². The van der Waals surface area contributed by atoms with Gasteiger partial charge in [-0.05, 0) is 93.1 Å². The molecule has 0 saturated heterocycles. The van der Waals surface area contributed by atoms with Crippen molar-refractivity contribution in [3.8, 4) is 5.75 Å². The predicted molar refractivity (Wildman–Crippen MR) is 211 cm³/mol. The van der Waals surface area contributed by atoms with Crippen LogP contribution in [0.2, 0.25) is 0 Å². The van der Waals surface area contributed by atoms with E-state index >= 15 is 0 Å². The zero-order valence-electron chi connectivity index (χ0n) is 28.3. The second-order valence-corrected chi connectivity index (χ2v) is 14.4. The van der Waals surface area contributed by atoms with Gasteiger partial charge in [-0.2, -0.15) is 0 Å². The topological polar surface area (TPSA) is 76.2 Å². The molecule has 2 aliphatic heterocycles. The molecular weight excluding hydrogens is 671 g/mol. The van der Waals surface area contributed by atoms with Gasteiger partial charge < -0.3 is 19.4 Å². The highest BCUT2D eigenvalue weighted by atomic mass is 32.1. The van der Waals surface area contributed by atoms with Gasteiger partial charge in [0, 0.05) is 36.5 Å². The summed E-state index contributed by atoms with van der Waals surface area (Å²) >= 11 is 3.35. The van der Waals surface area contributed by atoms with E-state index < -0.39 is 0 Å². The molecule has 0 spiro atoms. The number of H-pyrrole nitrogens is 1. The molecule has 51 heavy (non-hydrogen) atoms. The first-order valence-electron chi connectivity index (χ1n) is 17.0. The second kappa shape index (κ2) is 12.8. The van der Waals surface area contributed by atoms with E-state index in [1.807, 2.05) is 49.4 Å². The molecule has 0 unspecified atom stereocenters. The first kappa shape index (κ1) is 31.2. The molecule has 0 amide bonds. The smallest absolute Gasteiger partial charge is 0.142 e. The molecule has 4 aromatic carbocycles. The minimum atomic E-state index is 0.639. The van der Waals surface area contributed by atoms with Gasteiger partial charge >= 0.3 is 0 Å². The van der Waals surface area contributed by atoms with E-state index in [4.69, 9.17) is 24.4 Å². The molecule has 0 bridgehead atoms. The number of benzene rings is 4. The highest BCUT2D eigenvalue weighted by Crippen LogP contribution is 2.42. The number of aromatic amines is 1. The van der Waals surface area contributed by atoms with Crippen LogP contribution in [-0.4, -0.2) is 33.0 Å². The average molecular weight is 704 g/mol. The number of anilines is 1. The highest BCUT2D eigenvalue weighted by Gasteiger charge is 2.25. The Bertz CT molecular complexity index is 2470. The first-order valence-corrected chi connectivity index (χ1v) is 18.7. The van der Waals surface area contributed by atoms with Gasteiger partial charge in [0.05, 0.1) is 42.6 Å². The van der Waals surface area contributed by atoms with Crippen molar-refractivity contribution in [1.29, 1.82) is 0 Å². The van der Waals surface area contributed by atoms with E-state index in [1.165, 1.54) is 0 Å². The SMILES string of the molecule is CCN(CC)c1ccc2c(c1)O/C(=C/C1=CC(=C(c3nc4ccccc4s3)c3nc4ccccc4s3)C=C(C)O1)C(c1nc3ccccc3[nH]1)=C2. The van der Waals surface area contributed by atoms with E-state index in [1.54, 1.807) is 22.7 Å². The number of nitrogens with one attached hydrogen (secondary N) is 1. The number of hydrogen-bond donors (Lipinski definition) is 1. The fourth-order valence-electron chi connectivity index (χ4n) is 6.59. The Morgan fingerprint density at radius 1 is 0.745 bits per heavy atom. The maximum atomic E-state index is 6.79. The summed E-state index contributed by atoms with van der Waals surface area (Å²) in [5.74, 6) is 3.55. The van der Waals surface area contributed by atoms with Crippen molar-refractivity contribution in [3.63, 3.8) is 0 Å². The summed E-state index contributed by atoms with van der Waals surface area (Å²) in [5.41, 5.74) is 8.68. The van der Waals surface area contributed by atoms with Crippen molar-refractivity contribution in [2.24, 2.45) is 0 Å². The van der Waals surface area contributed by atoms with Crippen molar-refractivity contribution in [2.75, 3.05) is 18.0 Å². The van der Waals surface area contributed by atoms with Gasteiger partial charge in [0.15, 0.2) is 0 Å². The average Bonchev–Trinajstić information content (AvgIpc) is 3.88. The first-order chi connectivity index (χ1) is 25.0. The van der Waals surface area contributed by atoms with Gasteiger partial charge in [-0.25, -0.2) is 15.0 Å². The molecule has 0 radical (unpaired) electrons. The lowest BCUT2D eigenvalue weighted by Crippen LogP contribution is -2.22. The number of fused-ring (bicyclic) bond motifs is 4. The fraction of sp³-hybridized carbons (Fsp3) is 0.119. The summed E-state index contributed by atoms with van der Waals surface area (Å²) in [5, 5.41) is 1.82. The highest BCUT2D eigenvalue weighted by molar-refractivity contribution is 7.22. The maximum Gasteiger partial charge on any atom is 0.142 e. The van der Waals surface area contributed by atoms with Crippen LogP contribution in [0.25, 0.3) is 48.7 Å². The Labute approximate surface area is 303 Å². The quantitative estimate of drug-likeness (QED) is 0.178. The molecule has 1 N–H and O–H groups in total. The van der Waals surface area contributed by atoms with Crippen molar-refractivity contribution in [2.45, 2.75) is 20.8 Å². The number of hydrogen-bond acceptors (Lipinski definition) is 8. The molecule has 0 atom stereocenters. The third-order valence-corrected chi connectivity index (χ3v) is 11.2. The molecule has 0 fully saturated rings. The molecular formula is C42H33N5O2S2. The Balaban J connectivity index is 1.22. The Kier molecular flexibility index (Phi) is 7.86. The summed E-state index contributed by atoms with van der Waals surface area (Å²) in [6.45, 7) is 8.12. The van der Waals surface area contributed by atoms with E-state index in [2.05, 4.69) is 96.6 Å². The largest absolute Gasteiger partial charge is 0.462 e. The lowest BCUT2D eigenvalue weighted by atomic mass is 10.0. The molecule has 0 aliphatic carbocycles. The van der Waals surface area contributed by atoms with Crippen LogP contribution in [0.5, 0.6) is 5.75 Å². The van der Waals surface area contributed by atoms with Gasteiger partial charge in [-0.15, -0.1) is 22.7 Å². The normalized spacial score (nSPS) is 15.0. The van der Waals surface area contributed by atoms with Crippen molar-refractivity contribution >= 4 is 77.0 Å². The summed E-state index contributed by atoms with van der Waals surface area (Å²) < 4.78 is 15.5. The Morgan fingerprint density at radius 3 is 2.08 bits per heavy atom. The third kappa shape index (κ3) is 5.84. The number of allylic oxidation sites excluding steroid dienone is 6. The second-order valence-electron chi connectivity index (χ2n) is 12.4.